The molecular weight excluding hydrogens is 202 g/mol. The first-order valence-corrected chi connectivity index (χ1v) is 5.78. The molecule has 3 nitrogen and oxygen atoms in total. The van der Waals surface area contributed by atoms with Crippen molar-refractivity contribution < 1.29 is 9.47 Å². The number of ether oxygens (including phenoxy) is 2. The molecule has 3 heteroatoms. The molecule has 1 aromatic carbocycles. The van der Waals surface area contributed by atoms with E-state index in [2.05, 4.69) is 12.1 Å². The number of hydrogen-bond donors (Lipinski definition) is 1. The maximum atomic E-state index is 5.92. The van der Waals surface area contributed by atoms with Gasteiger partial charge in [-0.05, 0) is 30.0 Å². The Kier molecular flexibility index (Phi) is 2.19. The van der Waals surface area contributed by atoms with Crippen LogP contribution in [0.25, 0.3) is 0 Å². The van der Waals surface area contributed by atoms with Gasteiger partial charge in [0.2, 0.25) is 0 Å². The molecule has 0 saturated heterocycles. The molecular formula is C13H17NO2. The molecule has 3 rings (SSSR count). The molecule has 2 aliphatic rings. The summed E-state index contributed by atoms with van der Waals surface area (Å²) in [6.07, 6.45) is 2.35. The molecule has 0 radical (unpaired) electrons. The lowest BCUT2D eigenvalue weighted by atomic mass is 9.88. The van der Waals surface area contributed by atoms with Gasteiger partial charge < -0.3 is 15.2 Å². The van der Waals surface area contributed by atoms with Gasteiger partial charge in [-0.25, -0.2) is 0 Å². The minimum Gasteiger partial charge on any atom is -0.496 e. The second-order valence-corrected chi connectivity index (χ2v) is 4.76. The highest BCUT2D eigenvalue weighted by Gasteiger charge is 2.47. The molecule has 2 N–H and O–H groups in total. The highest BCUT2D eigenvalue weighted by Crippen LogP contribution is 2.53. The lowest BCUT2D eigenvalue weighted by molar-refractivity contribution is 0.134. The topological polar surface area (TPSA) is 44.5 Å². The molecule has 0 amide bonds. The van der Waals surface area contributed by atoms with Crippen LogP contribution >= 0.6 is 0 Å². The van der Waals surface area contributed by atoms with Crippen LogP contribution in [-0.2, 0) is 23.4 Å². The van der Waals surface area contributed by atoms with Crippen molar-refractivity contribution in [2.45, 2.75) is 31.5 Å². The van der Waals surface area contributed by atoms with Crippen LogP contribution in [0.5, 0.6) is 5.75 Å². The number of rotatable bonds is 3. The van der Waals surface area contributed by atoms with E-state index in [-0.39, 0.29) is 5.41 Å². The van der Waals surface area contributed by atoms with Gasteiger partial charge in [-0.2, -0.15) is 0 Å². The van der Waals surface area contributed by atoms with E-state index in [0.717, 1.165) is 12.4 Å². The van der Waals surface area contributed by atoms with Crippen molar-refractivity contribution in [1.29, 1.82) is 0 Å². The quantitative estimate of drug-likeness (QED) is 0.841. The third-order valence-electron chi connectivity index (χ3n) is 3.87. The molecule has 0 aromatic heterocycles. The summed E-state index contributed by atoms with van der Waals surface area (Å²) in [6, 6.07) is 4.16. The van der Waals surface area contributed by atoms with Crippen LogP contribution in [0.4, 0.5) is 0 Å². The number of methoxy groups -OCH3 is 1. The minimum atomic E-state index is 0.171. The summed E-state index contributed by atoms with van der Waals surface area (Å²) >= 11 is 0. The van der Waals surface area contributed by atoms with Crippen LogP contribution in [0.3, 0.4) is 0 Å². The van der Waals surface area contributed by atoms with Gasteiger partial charge in [0.25, 0.3) is 0 Å². The lowest BCUT2D eigenvalue weighted by Gasteiger charge is -2.20. The van der Waals surface area contributed by atoms with E-state index in [0.29, 0.717) is 13.2 Å². The van der Waals surface area contributed by atoms with E-state index in [9.17, 15) is 0 Å². The van der Waals surface area contributed by atoms with Crippen molar-refractivity contribution in [2.24, 2.45) is 5.73 Å². The predicted molar refractivity (Wildman–Crippen MR) is 61.5 cm³/mol. The SMILES string of the molecule is COc1ccc2c(c1C1(CN)CC1)COC2. The average Bonchev–Trinajstić information content (AvgIpc) is 2.97. The molecule has 1 heterocycles. The third-order valence-corrected chi connectivity index (χ3v) is 3.87. The molecule has 0 atom stereocenters. The summed E-state index contributed by atoms with van der Waals surface area (Å²) in [5.41, 5.74) is 10.0. The summed E-state index contributed by atoms with van der Waals surface area (Å²) in [5.74, 6) is 0.979. The van der Waals surface area contributed by atoms with Crippen molar-refractivity contribution in [1.82, 2.24) is 0 Å². The van der Waals surface area contributed by atoms with Gasteiger partial charge >= 0.3 is 0 Å². The largest absolute Gasteiger partial charge is 0.496 e. The van der Waals surface area contributed by atoms with Crippen LogP contribution in [0.1, 0.15) is 29.5 Å². The van der Waals surface area contributed by atoms with Gasteiger partial charge in [0, 0.05) is 17.5 Å². The smallest absolute Gasteiger partial charge is 0.123 e. The molecule has 86 valence electrons. The van der Waals surface area contributed by atoms with Crippen LogP contribution in [0, 0.1) is 0 Å². The van der Waals surface area contributed by atoms with E-state index in [1.165, 1.54) is 29.5 Å². The monoisotopic (exact) mass is 219 g/mol. The second kappa shape index (κ2) is 3.47. The fourth-order valence-corrected chi connectivity index (χ4v) is 2.69. The lowest BCUT2D eigenvalue weighted by Crippen LogP contribution is -2.22. The number of benzene rings is 1. The number of nitrogens with two attached hydrogens (primary N) is 1. The fraction of sp³-hybridized carbons (Fsp3) is 0.538. The Labute approximate surface area is 95.5 Å². The van der Waals surface area contributed by atoms with E-state index >= 15 is 0 Å². The summed E-state index contributed by atoms with van der Waals surface area (Å²) in [7, 11) is 1.73. The Hall–Kier alpha value is -1.06. The molecule has 1 aromatic rings. The standard InChI is InChI=1S/C13H17NO2/c1-15-11-3-2-9-6-16-7-10(9)12(11)13(8-14)4-5-13/h2-3H,4-8,14H2,1H3. The maximum Gasteiger partial charge on any atom is 0.123 e. The molecule has 16 heavy (non-hydrogen) atoms. The molecule has 0 spiro atoms. The van der Waals surface area contributed by atoms with Crippen molar-refractivity contribution in [3.63, 3.8) is 0 Å². The molecule has 1 aliphatic carbocycles. The summed E-state index contributed by atoms with van der Waals surface area (Å²) in [6.45, 7) is 2.15. The number of hydrogen-bond acceptors (Lipinski definition) is 3. The molecule has 0 bridgehead atoms. The Balaban J connectivity index is 2.17. The van der Waals surface area contributed by atoms with Gasteiger partial charge in [-0.3, -0.25) is 0 Å². The Morgan fingerprint density at radius 3 is 2.81 bits per heavy atom. The second-order valence-electron chi connectivity index (χ2n) is 4.76. The minimum absolute atomic E-state index is 0.171. The fourth-order valence-electron chi connectivity index (χ4n) is 2.69. The van der Waals surface area contributed by atoms with Crippen molar-refractivity contribution >= 4 is 0 Å². The van der Waals surface area contributed by atoms with E-state index in [1.807, 2.05) is 0 Å². The van der Waals surface area contributed by atoms with Crippen LogP contribution < -0.4 is 10.5 Å². The van der Waals surface area contributed by atoms with E-state index < -0.39 is 0 Å². The summed E-state index contributed by atoms with van der Waals surface area (Å²) < 4.78 is 11.0. The molecule has 1 aliphatic heterocycles. The molecule has 0 unspecified atom stereocenters. The van der Waals surface area contributed by atoms with Crippen molar-refractivity contribution in [3.05, 3.63) is 28.8 Å². The van der Waals surface area contributed by atoms with E-state index in [4.69, 9.17) is 15.2 Å². The first-order valence-electron chi connectivity index (χ1n) is 5.78. The van der Waals surface area contributed by atoms with Gasteiger partial charge in [0.1, 0.15) is 5.75 Å². The van der Waals surface area contributed by atoms with Crippen LogP contribution in [-0.4, -0.2) is 13.7 Å². The van der Waals surface area contributed by atoms with Gasteiger partial charge in [-0.15, -0.1) is 0 Å². The Morgan fingerprint density at radius 2 is 2.19 bits per heavy atom. The zero-order valence-electron chi connectivity index (χ0n) is 9.58. The first-order chi connectivity index (χ1) is 7.80. The average molecular weight is 219 g/mol. The number of fused-ring (bicyclic) bond motifs is 1. The van der Waals surface area contributed by atoms with Gasteiger partial charge in [0.15, 0.2) is 0 Å². The molecule has 1 fully saturated rings. The molecule has 1 saturated carbocycles. The van der Waals surface area contributed by atoms with Crippen LogP contribution in [0.15, 0.2) is 12.1 Å². The third kappa shape index (κ3) is 1.28. The highest BCUT2D eigenvalue weighted by molar-refractivity contribution is 5.53. The maximum absolute atomic E-state index is 5.92. The zero-order valence-corrected chi connectivity index (χ0v) is 9.58. The van der Waals surface area contributed by atoms with E-state index in [1.54, 1.807) is 7.11 Å². The van der Waals surface area contributed by atoms with Crippen molar-refractivity contribution in [2.75, 3.05) is 13.7 Å². The summed E-state index contributed by atoms with van der Waals surface area (Å²) in [4.78, 5) is 0. The zero-order chi connectivity index (χ0) is 11.2. The Bertz CT molecular complexity index is 424. The predicted octanol–water partition coefficient (Wildman–Crippen LogP) is 1.72. The first kappa shape index (κ1) is 10.1. The van der Waals surface area contributed by atoms with Crippen molar-refractivity contribution in [3.8, 4) is 5.75 Å². The summed E-state index contributed by atoms with van der Waals surface area (Å²) in [5, 5.41) is 0. The normalized spacial score (nSPS) is 20.6. The highest BCUT2D eigenvalue weighted by atomic mass is 16.5. The van der Waals surface area contributed by atoms with Gasteiger partial charge in [0.05, 0.1) is 20.3 Å². The van der Waals surface area contributed by atoms with Gasteiger partial charge in [-0.1, -0.05) is 6.07 Å². The van der Waals surface area contributed by atoms with Crippen LogP contribution in [0.2, 0.25) is 0 Å². The Morgan fingerprint density at radius 1 is 1.38 bits per heavy atom.